The first kappa shape index (κ1) is 31.1. The van der Waals surface area contributed by atoms with E-state index in [0.29, 0.717) is 37.2 Å². The molecule has 0 bridgehead atoms. The third-order valence-electron chi connectivity index (χ3n) is 8.24. The molecule has 2 aromatic carbocycles. The summed E-state index contributed by atoms with van der Waals surface area (Å²) in [7, 11) is 0. The molecule has 0 aliphatic carbocycles. The van der Waals surface area contributed by atoms with Crippen LogP contribution in [0, 0.1) is 23.8 Å². The van der Waals surface area contributed by atoms with Gasteiger partial charge in [-0.3, -0.25) is 14.7 Å². The summed E-state index contributed by atoms with van der Waals surface area (Å²) in [6, 6.07) is 11.0. The molecule has 0 saturated carbocycles. The Kier molecular flexibility index (Phi) is 8.97. The summed E-state index contributed by atoms with van der Waals surface area (Å²) in [5.74, 6) is 0.357. The standard InChI is InChI=1S/C33H39ClN8O2/c1-20-14-27(34)29-25(16-37-40-29)26(20)17-42(18-33(3,4)5)31(44)21(2)38-32(36-19-35)41-12-10-22(11-13-41)24-15-23-8-6-7-9-28(23)39-30(24)43/h6-9,14-16,21-22H,10-13,17-18H2,1-5H3,(H,36,38)(H,37,40)(H,39,43). The maximum atomic E-state index is 14.0. The largest absolute Gasteiger partial charge is 0.344 e. The summed E-state index contributed by atoms with van der Waals surface area (Å²) in [5, 5.41) is 22.4. The molecule has 1 saturated heterocycles. The fourth-order valence-electron chi connectivity index (χ4n) is 6.08. The number of H-pyrrole nitrogens is 2. The second kappa shape index (κ2) is 12.7. The molecule has 2 aromatic heterocycles. The Morgan fingerprint density at radius 1 is 1.27 bits per heavy atom. The number of piperidine rings is 1. The van der Waals surface area contributed by atoms with Gasteiger partial charge in [0, 0.05) is 42.6 Å². The van der Waals surface area contributed by atoms with Crippen molar-refractivity contribution in [2.24, 2.45) is 10.4 Å². The lowest BCUT2D eigenvalue weighted by atomic mass is 9.89. The van der Waals surface area contributed by atoms with Crippen LogP contribution in [0.2, 0.25) is 5.02 Å². The van der Waals surface area contributed by atoms with Gasteiger partial charge in [0.1, 0.15) is 6.04 Å². The number of nitrogens with one attached hydrogen (secondary N) is 3. The molecule has 0 spiro atoms. The van der Waals surface area contributed by atoms with Crippen molar-refractivity contribution in [2.45, 2.75) is 66.0 Å². The maximum absolute atomic E-state index is 14.0. The number of guanidine groups is 1. The van der Waals surface area contributed by atoms with Crippen LogP contribution in [-0.4, -0.2) is 62.5 Å². The van der Waals surface area contributed by atoms with Crippen LogP contribution in [0.15, 0.2) is 52.4 Å². The van der Waals surface area contributed by atoms with E-state index in [4.69, 9.17) is 11.6 Å². The highest BCUT2D eigenvalue weighted by Gasteiger charge is 2.30. The average Bonchev–Trinajstić information content (AvgIpc) is 3.48. The number of amides is 1. The molecule has 1 unspecified atom stereocenters. The smallest absolute Gasteiger partial charge is 0.251 e. The number of pyridine rings is 1. The van der Waals surface area contributed by atoms with Gasteiger partial charge in [0.25, 0.3) is 5.56 Å². The molecule has 1 amide bonds. The van der Waals surface area contributed by atoms with Crippen LogP contribution in [0.5, 0.6) is 0 Å². The number of aromatic nitrogens is 3. The number of aliphatic imine (C=N–C) groups is 1. The molecule has 5 rings (SSSR count). The molecule has 1 aliphatic heterocycles. The minimum atomic E-state index is -0.641. The van der Waals surface area contributed by atoms with Crippen molar-refractivity contribution in [1.82, 2.24) is 30.3 Å². The highest BCUT2D eigenvalue weighted by Crippen LogP contribution is 2.30. The first-order chi connectivity index (χ1) is 20.9. The number of aromatic amines is 2. The van der Waals surface area contributed by atoms with Crippen LogP contribution in [0.25, 0.3) is 21.8 Å². The Balaban J connectivity index is 1.31. The Morgan fingerprint density at radius 3 is 2.70 bits per heavy atom. The van der Waals surface area contributed by atoms with Gasteiger partial charge in [-0.1, -0.05) is 50.6 Å². The number of nitriles is 1. The lowest BCUT2D eigenvalue weighted by Gasteiger charge is -2.36. The molecule has 3 heterocycles. The van der Waals surface area contributed by atoms with E-state index in [-0.39, 0.29) is 22.8 Å². The van der Waals surface area contributed by atoms with Gasteiger partial charge in [0.2, 0.25) is 18.1 Å². The minimum Gasteiger partial charge on any atom is -0.344 e. The summed E-state index contributed by atoms with van der Waals surface area (Å²) in [6.07, 6.45) is 5.10. The average molecular weight is 615 g/mol. The minimum absolute atomic E-state index is 0.0621. The zero-order valence-corrected chi connectivity index (χ0v) is 26.6. The van der Waals surface area contributed by atoms with Gasteiger partial charge in [-0.05, 0) is 72.7 Å². The quantitative estimate of drug-likeness (QED) is 0.151. The number of halogens is 1. The number of carbonyl (C=O) groups is 1. The van der Waals surface area contributed by atoms with E-state index in [1.54, 1.807) is 13.1 Å². The van der Waals surface area contributed by atoms with E-state index in [0.717, 1.165) is 51.3 Å². The number of benzene rings is 2. The van der Waals surface area contributed by atoms with Crippen LogP contribution >= 0.6 is 11.6 Å². The van der Waals surface area contributed by atoms with Gasteiger partial charge >= 0.3 is 0 Å². The van der Waals surface area contributed by atoms with E-state index >= 15 is 0 Å². The summed E-state index contributed by atoms with van der Waals surface area (Å²) in [5.41, 5.74) is 4.10. The highest BCUT2D eigenvalue weighted by molar-refractivity contribution is 6.35. The van der Waals surface area contributed by atoms with E-state index in [1.165, 1.54) is 0 Å². The monoisotopic (exact) mass is 614 g/mol. The van der Waals surface area contributed by atoms with E-state index in [9.17, 15) is 14.9 Å². The second-order valence-corrected chi connectivity index (χ2v) is 13.3. The Hall–Kier alpha value is -4.36. The summed E-state index contributed by atoms with van der Waals surface area (Å²) >= 11 is 6.44. The van der Waals surface area contributed by atoms with Crippen molar-refractivity contribution in [3.8, 4) is 6.19 Å². The molecule has 230 valence electrons. The molecule has 10 nitrogen and oxygen atoms in total. The van der Waals surface area contributed by atoms with Crippen molar-refractivity contribution in [3.05, 3.63) is 74.7 Å². The van der Waals surface area contributed by atoms with Crippen molar-refractivity contribution in [2.75, 3.05) is 19.6 Å². The molecule has 3 N–H and O–H groups in total. The van der Waals surface area contributed by atoms with Gasteiger partial charge < -0.3 is 20.1 Å². The third-order valence-corrected chi connectivity index (χ3v) is 8.53. The SMILES string of the molecule is Cc1cc(Cl)c2[nH]ncc2c1CN(CC(C)(C)C)C(=O)C(C)N/C(=N/C#N)N1CCC(c2cc3ccccc3[nH]c2=O)CC1. The summed E-state index contributed by atoms with van der Waals surface area (Å²) < 4.78 is 0. The predicted molar refractivity (Wildman–Crippen MR) is 174 cm³/mol. The van der Waals surface area contributed by atoms with Crippen LogP contribution < -0.4 is 10.9 Å². The normalized spacial score (nSPS) is 15.4. The number of hydrogen-bond donors (Lipinski definition) is 3. The number of hydrogen-bond acceptors (Lipinski definition) is 5. The number of fused-ring (bicyclic) bond motifs is 2. The van der Waals surface area contributed by atoms with Gasteiger partial charge in [0.05, 0.1) is 16.7 Å². The molecule has 44 heavy (non-hydrogen) atoms. The number of nitrogens with zero attached hydrogens (tertiary/aromatic N) is 5. The van der Waals surface area contributed by atoms with E-state index in [1.807, 2.05) is 59.3 Å². The summed E-state index contributed by atoms with van der Waals surface area (Å²) in [6.45, 7) is 12.2. The van der Waals surface area contributed by atoms with Gasteiger partial charge in [-0.2, -0.15) is 10.4 Å². The highest BCUT2D eigenvalue weighted by atomic mass is 35.5. The Morgan fingerprint density at radius 2 is 2.00 bits per heavy atom. The third kappa shape index (κ3) is 6.73. The van der Waals surface area contributed by atoms with E-state index in [2.05, 4.69) is 46.3 Å². The number of likely N-dealkylation sites (tertiary alicyclic amines) is 1. The lowest BCUT2D eigenvalue weighted by Crippen LogP contribution is -2.53. The predicted octanol–water partition coefficient (Wildman–Crippen LogP) is 5.44. The van der Waals surface area contributed by atoms with Gasteiger partial charge in [-0.25, -0.2) is 0 Å². The molecule has 11 heteroatoms. The molecular weight excluding hydrogens is 576 g/mol. The van der Waals surface area contributed by atoms with Crippen LogP contribution in [-0.2, 0) is 11.3 Å². The van der Waals surface area contributed by atoms with Crippen molar-refractivity contribution in [3.63, 3.8) is 0 Å². The lowest BCUT2D eigenvalue weighted by molar-refractivity contribution is -0.134. The Labute approximate surface area is 262 Å². The molecule has 1 aliphatic rings. The fraction of sp³-hybridized carbons (Fsp3) is 0.424. The van der Waals surface area contributed by atoms with Crippen molar-refractivity contribution in [1.29, 1.82) is 5.26 Å². The zero-order valence-electron chi connectivity index (χ0n) is 25.9. The van der Waals surface area contributed by atoms with Gasteiger partial charge in [0.15, 0.2) is 0 Å². The maximum Gasteiger partial charge on any atom is 0.251 e. The number of carbonyl (C=O) groups excluding carboxylic acids is 1. The number of rotatable bonds is 6. The number of para-hydroxylation sites is 1. The van der Waals surface area contributed by atoms with Gasteiger partial charge in [-0.15, -0.1) is 4.99 Å². The first-order valence-corrected chi connectivity index (χ1v) is 15.3. The summed E-state index contributed by atoms with van der Waals surface area (Å²) in [4.78, 5) is 37.8. The fourth-order valence-corrected chi connectivity index (χ4v) is 6.39. The molecule has 4 aromatic rings. The second-order valence-electron chi connectivity index (χ2n) is 12.9. The molecule has 0 radical (unpaired) electrons. The first-order valence-electron chi connectivity index (χ1n) is 14.9. The van der Waals surface area contributed by atoms with Crippen LogP contribution in [0.4, 0.5) is 0 Å². The topological polar surface area (TPSA) is 133 Å². The number of aryl methyl sites for hydroxylation is 1. The molecule has 1 atom stereocenters. The zero-order chi connectivity index (χ0) is 31.6. The molecule has 1 fully saturated rings. The Bertz CT molecular complexity index is 1800. The van der Waals surface area contributed by atoms with Crippen LogP contribution in [0.3, 0.4) is 0 Å². The molecular formula is C33H39ClN8O2. The van der Waals surface area contributed by atoms with Crippen molar-refractivity contribution >= 4 is 45.3 Å². The van der Waals surface area contributed by atoms with Crippen LogP contribution in [0.1, 0.15) is 63.1 Å². The van der Waals surface area contributed by atoms with E-state index < -0.39 is 6.04 Å². The van der Waals surface area contributed by atoms with Crippen molar-refractivity contribution < 1.29 is 4.79 Å².